The average Bonchev–Trinajstić information content (AvgIpc) is 2.97. The quantitative estimate of drug-likeness (QED) is 0.889. The highest BCUT2D eigenvalue weighted by Gasteiger charge is 2.32. The number of nitrogens with zero attached hydrogens (tertiary/aromatic N) is 2. The molecule has 106 valence electrons. The largest absolute Gasteiger partial charge is 0.383 e. The van der Waals surface area contributed by atoms with Gasteiger partial charge in [-0.15, -0.1) is 0 Å². The predicted molar refractivity (Wildman–Crippen MR) is 86.8 cm³/mol. The van der Waals surface area contributed by atoms with Gasteiger partial charge < -0.3 is 5.73 Å². The minimum atomic E-state index is -1.00. The maximum atomic E-state index is 6.18. The van der Waals surface area contributed by atoms with Gasteiger partial charge in [0.05, 0.1) is 6.20 Å². The Bertz CT molecular complexity index is 684. The molecular weight excluding hydrogens is 268 g/mol. The first kappa shape index (κ1) is 13.2. The second-order valence-corrected chi connectivity index (χ2v) is 9.34. The number of allylic oxidation sites excluding steroid dienone is 1. The normalized spacial score (nSPS) is 17.9. The number of pyridine rings is 1. The zero-order valence-corrected chi connectivity index (χ0v) is 13.1. The lowest BCUT2D eigenvalue weighted by Crippen LogP contribution is -2.03. The van der Waals surface area contributed by atoms with Crippen molar-refractivity contribution in [3.05, 3.63) is 29.6 Å². The Balaban J connectivity index is 2.32. The van der Waals surface area contributed by atoms with Crippen LogP contribution in [-0.2, 0) is 0 Å². The van der Waals surface area contributed by atoms with Gasteiger partial charge in [0.2, 0.25) is 0 Å². The molecule has 3 rings (SSSR count). The van der Waals surface area contributed by atoms with Crippen molar-refractivity contribution in [2.45, 2.75) is 18.7 Å². The van der Waals surface area contributed by atoms with Crippen LogP contribution in [0, 0.1) is 5.92 Å². The van der Waals surface area contributed by atoms with Gasteiger partial charge in [-0.05, 0) is 29.4 Å². The predicted octanol–water partition coefficient (Wildman–Crippen LogP) is 3.49. The summed E-state index contributed by atoms with van der Waals surface area (Å²) in [4.78, 5) is 5.76. The number of rotatable bonds is 2. The van der Waals surface area contributed by atoms with E-state index in [9.17, 15) is 0 Å². The number of aromatic amines is 1. The molecule has 0 radical (unpaired) electrons. The highest BCUT2D eigenvalue weighted by atomic mass is 32.3. The summed E-state index contributed by atoms with van der Waals surface area (Å²) in [5.74, 6) is 1.09. The summed E-state index contributed by atoms with van der Waals surface area (Å²) in [5, 5.41) is 9.34. The van der Waals surface area contributed by atoms with E-state index in [0.29, 0.717) is 11.7 Å². The van der Waals surface area contributed by atoms with Crippen LogP contribution in [0.4, 0.5) is 5.82 Å². The minimum Gasteiger partial charge on any atom is -0.383 e. The van der Waals surface area contributed by atoms with Gasteiger partial charge in [-0.2, -0.15) is 15.1 Å². The van der Waals surface area contributed by atoms with E-state index >= 15 is 0 Å². The van der Waals surface area contributed by atoms with Gasteiger partial charge in [-0.25, -0.2) is 4.98 Å². The third-order valence-corrected chi connectivity index (χ3v) is 6.05. The average molecular weight is 288 g/mol. The van der Waals surface area contributed by atoms with Crippen LogP contribution in [0.15, 0.2) is 28.9 Å². The molecule has 0 bridgehead atoms. The molecule has 2 aromatic rings. The van der Waals surface area contributed by atoms with E-state index in [2.05, 4.69) is 46.9 Å². The summed E-state index contributed by atoms with van der Waals surface area (Å²) in [6.45, 7) is 4.42. The number of hydrogen-bond acceptors (Lipinski definition) is 3. The van der Waals surface area contributed by atoms with Crippen molar-refractivity contribution in [2.24, 2.45) is 5.92 Å². The second-order valence-electron chi connectivity index (χ2n) is 5.88. The lowest BCUT2D eigenvalue weighted by Gasteiger charge is -2.27. The molecule has 2 aromatic heterocycles. The third-order valence-electron chi connectivity index (χ3n) is 3.73. The topological polar surface area (TPSA) is 67.6 Å². The number of anilines is 1. The third kappa shape index (κ3) is 1.85. The Morgan fingerprint density at radius 2 is 2.00 bits per heavy atom. The first-order valence-corrected chi connectivity index (χ1v) is 9.16. The summed E-state index contributed by atoms with van der Waals surface area (Å²) in [6, 6.07) is 0. The number of H-pyrrole nitrogens is 1. The van der Waals surface area contributed by atoms with Crippen LogP contribution in [-0.4, -0.2) is 27.7 Å². The molecule has 0 saturated heterocycles. The van der Waals surface area contributed by atoms with Gasteiger partial charge in [0.25, 0.3) is 0 Å². The summed E-state index contributed by atoms with van der Waals surface area (Å²) < 4.78 is 0. The number of nitrogens with two attached hydrogens (primary N) is 1. The van der Waals surface area contributed by atoms with Gasteiger partial charge in [0, 0.05) is 34.0 Å². The number of nitrogens with one attached hydrogen (secondary N) is 1. The highest BCUT2D eigenvalue weighted by Crippen LogP contribution is 2.64. The summed E-state index contributed by atoms with van der Waals surface area (Å²) >= 11 is 0. The molecule has 0 atom stereocenters. The van der Waals surface area contributed by atoms with Crippen molar-refractivity contribution >= 4 is 21.4 Å². The van der Waals surface area contributed by atoms with Crippen molar-refractivity contribution in [2.75, 3.05) is 18.2 Å². The molecule has 0 saturated carbocycles. The number of hydrogen-bond donors (Lipinski definition) is 2. The van der Waals surface area contributed by atoms with E-state index in [4.69, 9.17) is 5.73 Å². The molecule has 0 spiro atoms. The molecule has 0 fully saturated rings. The summed E-state index contributed by atoms with van der Waals surface area (Å²) in [7, 11) is -1.00. The van der Waals surface area contributed by atoms with Gasteiger partial charge in [0.15, 0.2) is 0 Å². The van der Waals surface area contributed by atoms with Crippen molar-refractivity contribution in [1.82, 2.24) is 15.2 Å². The second kappa shape index (κ2) is 4.38. The summed E-state index contributed by atoms with van der Waals surface area (Å²) in [5.41, 5.74) is 10.9. The smallest absolute Gasteiger partial charge is 0.132 e. The Kier molecular flexibility index (Phi) is 2.90. The van der Waals surface area contributed by atoms with Crippen LogP contribution in [0.25, 0.3) is 16.7 Å². The molecule has 5 heteroatoms. The zero-order chi connectivity index (χ0) is 14.5. The molecule has 1 aliphatic rings. The lowest BCUT2D eigenvalue weighted by atomic mass is 9.96. The zero-order valence-electron chi connectivity index (χ0n) is 12.3. The van der Waals surface area contributed by atoms with Crippen LogP contribution in [0.3, 0.4) is 0 Å². The number of nitrogen functional groups attached to an aromatic ring is 1. The molecular formula is C15H20N4S. The van der Waals surface area contributed by atoms with E-state index in [-0.39, 0.29) is 0 Å². The SMILES string of the molecule is CC(C)C1=CS(C)(C)c2c(-c3cn[nH]c3)cnc(N)c21. The van der Waals surface area contributed by atoms with Gasteiger partial charge >= 0.3 is 0 Å². The van der Waals surface area contributed by atoms with Crippen LogP contribution in [0.1, 0.15) is 19.4 Å². The van der Waals surface area contributed by atoms with E-state index in [1.807, 2.05) is 18.6 Å². The number of fused-ring (bicyclic) bond motifs is 1. The number of aromatic nitrogens is 3. The van der Waals surface area contributed by atoms with Crippen LogP contribution in [0.2, 0.25) is 0 Å². The lowest BCUT2D eigenvalue weighted by molar-refractivity contribution is 0.855. The van der Waals surface area contributed by atoms with Crippen LogP contribution in [0.5, 0.6) is 0 Å². The van der Waals surface area contributed by atoms with E-state index in [1.165, 1.54) is 10.5 Å². The molecule has 3 heterocycles. The molecule has 0 aliphatic carbocycles. The van der Waals surface area contributed by atoms with E-state index < -0.39 is 10.0 Å². The molecule has 1 aliphatic heterocycles. The Morgan fingerprint density at radius 3 is 2.60 bits per heavy atom. The Morgan fingerprint density at radius 1 is 1.25 bits per heavy atom. The Labute approximate surface area is 120 Å². The minimum absolute atomic E-state index is 0.451. The van der Waals surface area contributed by atoms with Gasteiger partial charge in [0.1, 0.15) is 5.82 Å². The van der Waals surface area contributed by atoms with Crippen LogP contribution < -0.4 is 5.73 Å². The van der Waals surface area contributed by atoms with Crippen molar-refractivity contribution in [3.8, 4) is 11.1 Å². The Hall–Kier alpha value is -1.75. The molecule has 0 aromatic carbocycles. The van der Waals surface area contributed by atoms with E-state index in [0.717, 1.165) is 16.7 Å². The molecule has 4 nitrogen and oxygen atoms in total. The van der Waals surface area contributed by atoms with Crippen LogP contribution >= 0.6 is 10.0 Å². The monoisotopic (exact) mass is 288 g/mol. The fourth-order valence-corrected chi connectivity index (χ4v) is 5.43. The summed E-state index contributed by atoms with van der Waals surface area (Å²) in [6.07, 6.45) is 10.3. The standard InChI is InChI=1S/C15H20N4S/c1-9(2)12-8-20(3,4)14-11(10-5-18-19-6-10)7-17-15(16)13(12)14/h5-9H,1-4H3,(H2,16,17)(H,18,19). The maximum absolute atomic E-state index is 6.18. The van der Waals surface area contributed by atoms with Gasteiger partial charge in [-0.3, -0.25) is 5.10 Å². The molecule has 3 N–H and O–H groups in total. The highest BCUT2D eigenvalue weighted by molar-refractivity contribution is 8.35. The molecule has 20 heavy (non-hydrogen) atoms. The van der Waals surface area contributed by atoms with Gasteiger partial charge in [-0.1, -0.05) is 13.8 Å². The fraction of sp³-hybridized carbons (Fsp3) is 0.333. The first-order chi connectivity index (χ1) is 9.42. The maximum Gasteiger partial charge on any atom is 0.132 e. The molecule has 0 unspecified atom stereocenters. The first-order valence-electron chi connectivity index (χ1n) is 6.65. The van der Waals surface area contributed by atoms with Crippen molar-refractivity contribution in [1.29, 1.82) is 0 Å². The van der Waals surface area contributed by atoms with Crippen molar-refractivity contribution < 1.29 is 0 Å². The molecule has 0 amide bonds. The fourth-order valence-electron chi connectivity index (χ4n) is 2.80. The van der Waals surface area contributed by atoms with Crippen molar-refractivity contribution in [3.63, 3.8) is 0 Å². The van der Waals surface area contributed by atoms with E-state index in [1.54, 1.807) is 0 Å².